The molecule has 0 aliphatic rings. The van der Waals surface area contributed by atoms with Crippen LogP contribution in [0.3, 0.4) is 0 Å². The molecule has 0 bridgehead atoms. The SMILES string of the molecule is COc1cccc(NC(=O)C[NH+](C)Cc2ncc(-c3ccccc3)o2)c1. The Bertz CT molecular complexity index is 862. The van der Waals surface area contributed by atoms with Crippen LogP contribution in [0.4, 0.5) is 5.69 Å². The second-order valence-corrected chi connectivity index (χ2v) is 6.08. The Morgan fingerprint density at radius 3 is 2.77 bits per heavy atom. The van der Waals surface area contributed by atoms with E-state index in [0.717, 1.165) is 16.2 Å². The van der Waals surface area contributed by atoms with Gasteiger partial charge in [0.15, 0.2) is 18.8 Å². The fourth-order valence-corrected chi connectivity index (χ4v) is 2.63. The zero-order valence-corrected chi connectivity index (χ0v) is 14.9. The molecule has 1 atom stereocenters. The van der Waals surface area contributed by atoms with Crippen molar-refractivity contribution < 1.29 is 18.8 Å². The number of nitrogens with one attached hydrogen (secondary N) is 2. The van der Waals surface area contributed by atoms with Crippen LogP contribution in [-0.4, -0.2) is 31.6 Å². The number of ether oxygens (including phenoxy) is 1. The third kappa shape index (κ3) is 4.70. The zero-order chi connectivity index (χ0) is 18.4. The number of nitrogens with zero attached hydrogens (tertiary/aromatic N) is 1. The van der Waals surface area contributed by atoms with Crippen LogP contribution in [0, 0.1) is 0 Å². The van der Waals surface area contributed by atoms with Crippen LogP contribution in [-0.2, 0) is 11.3 Å². The van der Waals surface area contributed by atoms with Crippen LogP contribution in [0.1, 0.15) is 5.89 Å². The largest absolute Gasteiger partial charge is 0.497 e. The second-order valence-electron chi connectivity index (χ2n) is 6.08. The van der Waals surface area contributed by atoms with Gasteiger partial charge in [-0.1, -0.05) is 36.4 Å². The quantitative estimate of drug-likeness (QED) is 0.682. The molecule has 26 heavy (non-hydrogen) atoms. The van der Waals surface area contributed by atoms with Gasteiger partial charge in [0.2, 0.25) is 0 Å². The van der Waals surface area contributed by atoms with E-state index in [1.807, 2.05) is 55.6 Å². The molecular formula is C20H22N3O3+. The minimum atomic E-state index is -0.0782. The molecule has 6 heteroatoms. The Morgan fingerprint density at radius 1 is 1.19 bits per heavy atom. The third-order valence-electron chi connectivity index (χ3n) is 3.88. The Hall–Kier alpha value is -3.12. The maximum Gasteiger partial charge on any atom is 0.279 e. The van der Waals surface area contributed by atoms with E-state index in [9.17, 15) is 4.79 Å². The van der Waals surface area contributed by atoms with Gasteiger partial charge in [0.25, 0.3) is 11.8 Å². The molecule has 0 spiro atoms. The van der Waals surface area contributed by atoms with Crippen molar-refractivity contribution in [3.05, 3.63) is 66.7 Å². The van der Waals surface area contributed by atoms with Crippen LogP contribution < -0.4 is 15.0 Å². The van der Waals surface area contributed by atoms with E-state index in [1.54, 1.807) is 19.4 Å². The van der Waals surface area contributed by atoms with Crippen LogP contribution in [0.15, 0.2) is 65.2 Å². The first-order chi connectivity index (χ1) is 12.6. The molecule has 3 aromatic rings. The molecule has 2 N–H and O–H groups in total. The first-order valence-corrected chi connectivity index (χ1v) is 8.39. The summed E-state index contributed by atoms with van der Waals surface area (Å²) in [5.41, 5.74) is 1.70. The highest BCUT2D eigenvalue weighted by atomic mass is 16.5. The molecule has 1 aromatic heterocycles. The maximum absolute atomic E-state index is 12.2. The molecule has 2 aromatic carbocycles. The Labute approximate surface area is 152 Å². The smallest absolute Gasteiger partial charge is 0.279 e. The summed E-state index contributed by atoms with van der Waals surface area (Å²) in [4.78, 5) is 17.5. The number of hydrogen-bond donors (Lipinski definition) is 2. The summed E-state index contributed by atoms with van der Waals surface area (Å²) < 4.78 is 10.9. The van der Waals surface area contributed by atoms with Gasteiger partial charge in [0.1, 0.15) is 5.75 Å². The topological polar surface area (TPSA) is 68.8 Å². The molecule has 134 valence electrons. The number of carbonyl (C=O) groups excluding carboxylic acids is 1. The van der Waals surface area contributed by atoms with Gasteiger partial charge in [0, 0.05) is 17.3 Å². The van der Waals surface area contributed by atoms with Gasteiger partial charge < -0.3 is 19.4 Å². The average molecular weight is 352 g/mol. The van der Waals surface area contributed by atoms with E-state index >= 15 is 0 Å². The average Bonchev–Trinajstić information content (AvgIpc) is 3.10. The maximum atomic E-state index is 12.2. The van der Waals surface area contributed by atoms with E-state index in [2.05, 4.69) is 10.3 Å². The lowest BCUT2D eigenvalue weighted by molar-refractivity contribution is -0.886. The Morgan fingerprint density at radius 2 is 2.00 bits per heavy atom. The van der Waals surface area contributed by atoms with Crippen LogP contribution in [0.2, 0.25) is 0 Å². The number of carbonyl (C=O) groups is 1. The third-order valence-corrected chi connectivity index (χ3v) is 3.88. The fraction of sp³-hybridized carbons (Fsp3) is 0.200. The highest BCUT2D eigenvalue weighted by molar-refractivity contribution is 5.91. The molecule has 1 heterocycles. The highest BCUT2D eigenvalue weighted by Crippen LogP contribution is 2.19. The molecule has 0 fully saturated rings. The summed E-state index contributed by atoms with van der Waals surface area (Å²) in [6, 6.07) is 17.1. The molecule has 1 unspecified atom stereocenters. The number of oxazole rings is 1. The van der Waals surface area contributed by atoms with Crippen LogP contribution in [0.5, 0.6) is 5.75 Å². The molecule has 1 amide bonds. The summed E-state index contributed by atoms with van der Waals surface area (Å²) in [5.74, 6) is 1.96. The number of amides is 1. The molecule has 0 saturated carbocycles. The van der Waals surface area contributed by atoms with Crippen molar-refractivity contribution in [1.82, 2.24) is 4.98 Å². The van der Waals surface area contributed by atoms with Gasteiger partial charge in [-0.15, -0.1) is 0 Å². The minimum Gasteiger partial charge on any atom is -0.497 e. The van der Waals surface area contributed by atoms with E-state index < -0.39 is 0 Å². The Kier molecular flexibility index (Phi) is 5.66. The Balaban J connectivity index is 1.54. The zero-order valence-electron chi connectivity index (χ0n) is 14.9. The number of aromatic nitrogens is 1. The van der Waals surface area contributed by atoms with Gasteiger partial charge >= 0.3 is 0 Å². The molecular weight excluding hydrogens is 330 g/mol. The number of rotatable bonds is 7. The predicted octanol–water partition coefficient (Wildman–Crippen LogP) is 2.00. The van der Waals surface area contributed by atoms with Crippen molar-refractivity contribution in [2.24, 2.45) is 0 Å². The number of hydrogen-bond acceptors (Lipinski definition) is 4. The number of benzene rings is 2. The highest BCUT2D eigenvalue weighted by Gasteiger charge is 2.15. The first kappa shape index (κ1) is 17.7. The van der Waals surface area contributed by atoms with Crippen LogP contribution >= 0.6 is 0 Å². The van der Waals surface area contributed by atoms with Crippen molar-refractivity contribution in [3.63, 3.8) is 0 Å². The van der Waals surface area contributed by atoms with E-state index in [1.165, 1.54) is 0 Å². The predicted molar refractivity (Wildman–Crippen MR) is 99.0 cm³/mol. The van der Waals surface area contributed by atoms with Gasteiger partial charge in [-0.3, -0.25) is 4.79 Å². The lowest BCUT2D eigenvalue weighted by atomic mass is 10.2. The standard InChI is InChI=1S/C20H21N3O3/c1-23(13-19(24)22-16-9-6-10-17(11-16)25-2)14-20-21-12-18(26-20)15-7-4-3-5-8-15/h3-12H,13-14H2,1-2H3,(H,22,24)/p+1. The molecule has 0 aliphatic carbocycles. The van der Waals surface area contributed by atoms with Gasteiger partial charge in [0.05, 0.1) is 20.4 Å². The summed E-state index contributed by atoms with van der Waals surface area (Å²) in [5, 5.41) is 2.87. The normalized spacial score (nSPS) is 11.8. The van der Waals surface area contributed by atoms with Crippen molar-refractivity contribution in [3.8, 4) is 17.1 Å². The second kappa shape index (κ2) is 8.31. The molecule has 3 rings (SSSR count). The van der Waals surface area contributed by atoms with Crippen molar-refractivity contribution in [2.75, 3.05) is 26.0 Å². The minimum absolute atomic E-state index is 0.0782. The van der Waals surface area contributed by atoms with E-state index in [0.29, 0.717) is 30.4 Å². The molecule has 0 saturated heterocycles. The summed E-state index contributed by atoms with van der Waals surface area (Å²) >= 11 is 0. The van der Waals surface area contributed by atoms with Gasteiger partial charge in [-0.2, -0.15) is 0 Å². The monoisotopic (exact) mass is 352 g/mol. The first-order valence-electron chi connectivity index (χ1n) is 8.39. The molecule has 0 aliphatic heterocycles. The van der Waals surface area contributed by atoms with Gasteiger partial charge in [-0.25, -0.2) is 4.98 Å². The number of methoxy groups -OCH3 is 1. The lowest BCUT2D eigenvalue weighted by Crippen LogP contribution is -3.08. The molecule has 0 radical (unpaired) electrons. The fourth-order valence-electron chi connectivity index (χ4n) is 2.63. The van der Waals surface area contributed by atoms with Crippen LogP contribution in [0.25, 0.3) is 11.3 Å². The lowest BCUT2D eigenvalue weighted by Gasteiger charge is -2.12. The number of anilines is 1. The summed E-state index contributed by atoms with van der Waals surface area (Å²) in [6.45, 7) is 0.832. The van der Waals surface area contributed by atoms with Gasteiger partial charge in [-0.05, 0) is 12.1 Å². The summed E-state index contributed by atoms with van der Waals surface area (Å²) in [6.07, 6.45) is 1.72. The number of quaternary nitrogens is 1. The summed E-state index contributed by atoms with van der Waals surface area (Å²) in [7, 11) is 3.52. The van der Waals surface area contributed by atoms with Crippen molar-refractivity contribution >= 4 is 11.6 Å². The van der Waals surface area contributed by atoms with E-state index in [-0.39, 0.29) is 5.91 Å². The number of likely N-dealkylation sites (N-methyl/N-ethyl adjacent to an activating group) is 1. The molecule has 6 nitrogen and oxygen atoms in total. The van der Waals surface area contributed by atoms with E-state index in [4.69, 9.17) is 9.15 Å². The van der Waals surface area contributed by atoms with Crippen molar-refractivity contribution in [2.45, 2.75) is 6.54 Å². The van der Waals surface area contributed by atoms with Crippen molar-refractivity contribution in [1.29, 1.82) is 0 Å².